The Morgan fingerprint density at radius 3 is 2.50 bits per heavy atom. The smallest absolute Gasteiger partial charge is 0.248 e. The molecule has 2 radical (unpaired) electrons. The van der Waals surface area contributed by atoms with Crippen LogP contribution in [-0.4, -0.2) is 31.4 Å². The third-order valence-corrected chi connectivity index (χ3v) is 0.959. The van der Waals surface area contributed by atoms with Crippen LogP contribution in [0.25, 0.3) is 0 Å². The second-order valence-corrected chi connectivity index (χ2v) is 2.31. The lowest BCUT2D eigenvalue weighted by Crippen LogP contribution is -2.25. The van der Waals surface area contributed by atoms with Crippen molar-refractivity contribution in [2.75, 3.05) is 20.6 Å². The van der Waals surface area contributed by atoms with Crippen LogP contribution in [0.4, 0.5) is 0 Å². The summed E-state index contributed by atoms with van der Waals surface area (Å²) >= 11 is 0. The Morgan fingerprint density at radius 1 is 1.70 bits per heavy atom. The molecule has 0 aromatic heterocycles. The summed E-state index contributed by atoms with van der Waals surface area (Å²) in [5.41, 5.74) is 0.465. The van der Waals surface area contributed by atoms with Gasteiger partial charge in [0.2, 0.25) is 5.91 Å². The van der Waals surface area contributed by atoms with Crippen LogP contribution in [-0.2, 0) is 4.79 Å². The fourth-order valence-electron chi connectivity index (χ4n) is 0.556. The number of carbonyl (C=O) groups is 1. The van der Waals surface area contributed by atoms with Crippen LogP contribution in [0.5, 0.6) is 0 Å². The van der Waals surface area contributed by atoms with Crippen LogP contribution >= 0.6 is 0 Å². The van der Waals surface area contributed by atoms with Gasteiger partial charge in [0, 0.05) is 12.1 Å². The average molecular weight is 140 g/mol. The lowest BCUT2D eigenvalue weighted by Gasteiger charge is -2.09. The Balaban J connectivity index is 3.74. The number of nitrogens with zero attached hydrogens (tertiary/aromatic N) is 1. The maximum absolute atomic E-state index is 10.7. The first-order chi connectivity index (χ1) is 4.57. The number of hydrogen-bond acceptors (Lipinski definition) is 2. The summed E-state index contributed by atoms with van der Waals surface area (Å²) in [7, 11) is 8.58. The summed E-state index contributed by atoms with van der Waals surface area (Å²) in [6, 6.07) is 0. The molecular weight excluding hydrogens is 128 g/mol. The van der Waals surface area contributed by atoms with Crippen molar-refractivity contribution in [3.63, 3.8) is 0 Å². The SMILES string of the molecule is [CH]NC(=O)C(=C)CN(C)C. The van der Waals surface area contributed by atoms with Gasteiger partial charge in [-0.1, -0.05) is 6.58 Å². The average Bonchev–Trinajstić information content (AvgIpc) is 1.85. The van der Waals surface area contributed by atoms with Crippen molar-refractivity contribution in [2.45, 2.75) is 0 Å². The number of carbonyl (C=O) groups excluding carboxylic acids is 1. The molecule has 0 fully saturated rings. The van der Waals surface area contributed by atoms with Crippen LogP contribution in [0.15, 0.2) is 12.2 Å². The lowest BCUT2D eigenvalue weighted by molar-refractivity contribution is -0.116. The fraction of sp³-hybridized carbons (Fsp3) is 0.429. The zero-order valence-corrected chi connectivity index (χ0v) is 6.35. The molecule has 10 heavy (non-hydrogen) atoms. The molecule has 0 aliphatic rings. The van der Waals surface area contributed by atoms with E-state index in [9.17, 15) is 4.79 Å². The summed E-state index contributed by atoms with van der Waals surface area (Å²) < 4.78 is 0. The fourth-order valence-corrected chi connectivity index (χ4v) is 0.556. The van der Waals surface area contributed by atoms with E-state index in [2.05, 4.69) is 6.58 Å². The molecule has 0 aliphatic heterocycles. The monoisotopic (exact) mass is 140 g/mol. The molecule has 1 amide bonds. The van der Waals surface area contributed by atoms with Crippen molar-refractivity contribution < 1.29 is 4.79 Å². The van der Waals surface area contributed by atoms with E-state index < -0.39 is 0 Å². The third-order valence-electron chi connectivity index (χ3n) is 0.959. The molecule has 3 heteroatoms. The van der Waals surface area contributed by atoms with Crippen LogP contribution in [0.1, 0.15) is 0 Å². The predicted molar refractivity (Wildman–Crippen MR) is 40.1 cm³/mol. The number of amides is 1. The lowest BCUT2D eigenvalue weighted by atomic mass is 10.3. The minimum atomic E-state index is -0.311. The van der Waals surface area contributed by atoms with Crippen LogP contribution < -0.4 is 5.32 Å². The van der Waals surface area contributed by atoms with E-state index in [-0.39, 0.29) is 5.91 Å². The highest BCUT2D eigenvalue weighted by atomic mass is 16.1. The van der Waals surface area contributed by atoms with Crippen molar-refractivity contribution >= 4 is 5.91 Å². The molecule has 0 aromatic rings. The molecular formula is C7H12N2O. The predicted octanol–water partition coefficient (Wildman–Crippen LogP) is -0.111. The van der Waals surface area contributed by atoms with Gasteiger partial charge < -0.3 is 10.2 Å². The van der Waals surface area contributed by atoms with Gasteiger partial charge in [0.15, 0.2) is 0 Å². The standard InChI is InChI=1S/C7H12N2O/c1-6(5-9(3)4)7(10)8-2/h2H,1,5H2,3-4H3,(H,8,10). The highest BCUT2D eigenvalue weighted by Gasteiger charge is 2.03. The van der Waals surface area contributed by atoms with E-state index in [1.807, 2.05) is 24.3 Å². The van der Waals surface area contributed by atoms with Crippen LogP contribution in [0.3, 0.4) is 0 Å². The van der Waals surface area contributed by atoms with Gasteiger partial charge in [-0.3, -0.25) is 4.79 Å². The van der Waals surface area contributed by atoms with E-state index in [1.54, 1.807) is 0 Å². The molecule has 0 saturated carbocycles. The Bertz CT molecular complexity index is 141. The van der Waals surface area contributed by atoms with E-state index in [0.717, 1.165) is 0 Å². The van der Waals surface area contributed by atoms with Crippen molar-refractivity contribution in [1.29, 1.82) is 0 Å². The first-order valence-electron chi connectivity index (χ1n) is 2.91. The van der Waals surface area contributed by atoms with Gasteiger partial charge in [0.25, 0.3) is 0 Å². The Kier molecular flexibility index (Phi) is 3.72. The third kappa shape index (κ3) is 3.25. The van der Waals surface area contributed by atoms with Crippen molar-refractivity contribution in [1.82, 2.24) is 10.2 Å². The molecule has 0 unspecified atom stereocenters. The topological polar surface area (TPSA) is 32.3 Å². The largest absolute Gasteiger partial charge is 0.345 e. The van der Waals surface area contributed by atoms with Crippen LogP contribution in [0.2, 0.25) is 0 Å². The molecule has 0 heterocycles. The van der Waals surface area contributed by atoms with Gasteiger partial charge in [-0.25, -0.2) is 0 Å². The number of rotatable bonds is 3. The van der Waals surface area contributed by atoms with Gasteiger partial charge in [-0.15, -0.1) is 0 Å². The zero-order valence-electron chi connectivity index (χ0n) is 6.35. The first kappa shape index (κ1) is 9.17. The number of nitrogens with one attached hydrogen (secondary N) is 1. The molecule has 0 spiro atoms. The van der Waals surface area contributed by atoms with Crippen molar-refractivity contribution in [2.24, 2.45) is 0 Å². The molecule has 3 nitrogen and oxygen atoms in total. The van der Waals surface area contributed by atoms with E-state index in [4.69, 9.17) is 7.05 Å². The van der Waals surface area contributed by atoms with Crippen molar-refractivity contribution in [3.8, 4) is 0 Å². The molecule has 0 rings (SSSR count). The minimum Gasteiger partial charge on any atom is -0.345 e. The van der Waals surface area contributed by atoms with Gasteiger partial charge in [-0.2, -0.15) is 0 Å². The molecule has 0 saturated heterocycles. The van der Waals surface area contributed by atoms with Gasteiger partial charge in [-0.05, 0) is 14.1 Å². The van der Waals surface area contributed by atoms with E-state index >= 15 is 0 Å². The van der Waals surface area contributed by atoms with E-state index in [1.165, 1.54) is 0 Å². The zero-order chi connectivity index (χ0) is 8.15. The summed E-state index contributed by atoms with van der Waals surface area (Å²) in [4.78, 5) is 12.5. The Hall–Kier alpha value is -0.830. The molecule has 0 aromatic carbocycles. The van der Waals surface area contributed by atoms with Gasteiger partial charge in [0.05, 0.1) is 7.05 Å². The number of likely N-dealkylation sites (N-methyl/N-ethyl adjacent to an activating group) is 1. The minimum absolute atomic E-state index is 0.311. The maximum Gasteiger partial charge on any atom is 0.248 e. The Morgan fingerprint density at radius 2 is 2.20 bits per heavy atom. The second kappa shape index (κ2) is 4.06. The first-order valence-corrected chi connectivity index (χ1v) is 2.91. The maximum atomic E-state index is 10.7. The summed E-state index contributed by atoms with van der Waals surface area (Å²) in [6.07, 6.45) is 0. The molecule has 0 atom stereocenters. The molecule has 0 bridgehead atoms. The molecule has 0 aliphatic carbocycles. The highest BCUT2D eigenvalue weighted by Crippen LogP contribution is 1.90. The van der Waals surface area contributed by atoms with E-state index in [0.29, 0.717) is 12.1 Å². The normalized spacial score (nSPS) is 9.60. The van der Waals surface area contributed by atoms with Gasteiger partial charge in [0.1, 0.15) is 0 Å². The van der Waals surface area contributed by atoms with Crippen LogP contribution in [0, 0.1) is 7.05 Å². The summed E-state index contributed by atoms with van der Waals surface area (Å²) in [5, 5.41) is 2.00. The van der Waals surface area contributed by atoms with Crippen molar-refractivity contribution in [3.05, 3.63) is 19.2 Å². The molecule has 56 valence electrons. The quantitative estimate of drug-likeness (QED) is 0.438. The molecule has 1 N–H and O–H groups in total. The number of hydrogen-bond donors (Lipinski definition) is 1. The Labute approximate surface area is 61.7 Å². The van der Waals surface area contributed by atoms with Gasteiger partial charge >= 0.3 is 0 Å². The summed E-state index contributed by atoms with van der Waals surface area (Å²) in [5.74, 6) is -0.311. The second-order valence-electron chi connectivity index (χ2n) is 2.31. The highest BCUT2D eigenvalue weighted by molar-refractivity contribution is 5.93. The summed E-state index contributed by atoms with van der Waals surface area (Å²) in [6.45, 7) is 4.06.